The van der Waals surface area contributed by atoms with Crippen molar-refractivity contribution < 1.29 is 28.0 Å². The molecule has 29 heavy (non-hydrogen) atoms. The van der Waals surface area contributed by atoms with Gasteiger partial charge in [-0.2, -0.15) is 0 Å². The van der Waals surface area contributed by atoms with E-state index in [9.17, 15) is 28.0 Å². The fourth-order valence-electron chi connectivity index (χ4n) is 2.88. The molecule has 0 saturated carbocycles. The Balaban J connectivity index is 1.48. The summed E-state index contributed by atoms with van der Waals surface area (Å²) in [7, 11) is 1.38. The van der Waals surface area contributed by atoms with E-state index in [0.29, 0.717) is 11.8 Å². The lowest BCUT2D eigenvalue weighted by Gasteiger charge is -2.08. The van der Waals surface area contributed by atoms with Gasteiger partial charge in [-0.15, -0.1) is 0 Å². The lowest BCUT2D eigenvalue weighted by molar-refractivity contribution is -0.116. The summed E-state index contributed by atoms with van der Waals surface area (Å²) < 4.78 is 26.4. The third-order valence-electron chi connectivity index (χ3n) is 4.42. The summed E-state index contributed by atoms with van der Waals surface area (Å²) in [6, 6.07) is 7.10. The highest BCUT2D eigenvalue weighted by Gasteiger charge is 2.32. The maximum Gasteiger partial charge on any atom is 0.261 e. The van der Waals surface area contributed by atoms with Crippen LogP contribution in [0, 0.1) is 11.6 Å². The van der Waals surface area contributed by atoms with Gasteiger partial charge in [0.15, 0.2) is 0 Å². The SMILES string of the molecule is CN1C(=O)c2ccc(NC(=O)CCCNC(=O)c3ccc(F)cc3F)cc2C1=O. The number of halogens is 2. The van der Waals surface area contributed by atoms with Crippen LogP contribution in [0.2, 0.25) is 0 Å². The van der Waals surface area contributed by atoms with Gasteiger partial charge in [0, 0.05) is 31.8 Å². The summed E-state index contributed by atoms with van der Waals surface area (Å²) in [5, 5.41) is 5.08. The monoisotopic (exact) mass is 401 g/mol. The third-order valence-corrected chi connectivity index (χ3v) is 4.42. The van der Waals surface area contributed by atoms with Gasteiger partial charge in [-0.25, -0.2) is 8.78 Å². The normalized spacial score (nSPS) is 12.7. The Labute approximate surface area is 164 Å². The largest absolute Gasteiger partial charge is 0.352 e. The molecule has 0 unspecified atom stereocenters. The first-order chi connectivity index (χ1) is 13.8. The molecule has 4 amide bonds. The van der Waals surface area contributed by atoms with E-state index in [1.54, 1.807) is 0 Å². The van der Waals surface area contributed by atoms with E-state index in [2.05, 4.69) is 10.6 Å². The van der Waals surface area contributed by atoms with Crippen molar-refractivity contribution >= 4 is 29.3 Å². The zero-order valence-electron chi connectivity index (χ0n) is 15.4. The molecule has 0 fully saturated rings. The number of fused-ring (bicyclic) bond motifs is 1. The fourth-order valence-corrected chi connectivity index (χ4v) is 2.88. The summed E-state index contributed by atoms with van der Waals surface area (Å²) in [5.74, 6) is -3.62. The lowest BCUT2D eigenvalue weighted by atomic mass is 10.1. The van der Waals surface area contributed by atoms with Crippen molar-refractivity contribution in [2.45, 2.75) is 12.8 Å². The second kappa shape index (κ2) is 8.17. The molecule has 0 aromatic heterocycles. The molecule has 0 radical (unpaired) electrons. The molecule has 0 aliphatic carbocycles. The molecule has 3 rings (SSSR count). The van der Waals surface area contributed by atoms with E-state index < -0.39 is 29.4 Å². The van der Waals surface area contributed by atoms with Crippen molar-refractivity contribution in [3.63, 3.8) is 0 Å². The molecule has 0 spiro atoms. The first-order valence-corrected chi connectivity index (χ1v) is 8.77. The highest BCUT2D eigenvalue weighted by molar-refractivity contribution is 6.21. The number of nitrogens with one attached hydrogen (secondary N) is 2. The highest BCUT2D eigenvalue weighted by Crippen LogP contribution is 2.24. The molecule has 2 aromatic rings. The van der Waals surface area contributed by atoms with Gasteiger partial charge in [0.05, 0.1) is 16.7 Å². The molecular formula is C20H17F2N3O4. The first kappa shape index (κ1) is 20.1. The Hall–Kier alpha value is -3.62. The Morgan fingerprint density at radius 1 is 1.00 bits per heavy atom. The number of carbonyl (C=O) groups excluding carboxylic acids is 4. The molecule has 0 atom stereocenters. The molecule has 1 heterocycles. The highest BCUT2D eigenvalue weighted by atomic mass is 19.1. The van der Waals surface area contributed by atoms with Gasteiger partial charge in [0.2, 0.25) is 5.91 Å². The van der Waals surface area contributed by atoms with Crippen LogP contribution in [0.1, 0.15) is 43.9 Å². The average Bonchev–Trinajstić information content (AvgIpc) is 2.89. The maximum atomic E-state index is 13.5. The Morgan fingerprint density at radius 3 is 2.45 bits per heavy atom. The number of carbonyl (C=O) groups is 4. The van der Waals surface area contributed by atoms with Crippen LogP contribution in [0.3, 0.4) is 0 Å². The van der Waals surface area contributed by atoms with Gasteiger partial charge in [0.25, 0.3) is 17.7 Å². The summed E-state index contributed by atoms with van der Waals surface area (Å²) in [4.78, 5) is 48.7. The van der Waals surface area contributed by atoms with Crippen molar-refractivity contribution in [1.29, 1.82) is 0 Å². The van der Waals surface area contributed by atoms with Crippen LogP contribution in [-0.4, -0.2) is 42.1 Å². The topological polar surface area (TPSA) is 95.6 Å². The van der Waals surface area contributed by atoms with Gasteiger partial charge in [-0.1, -0.05) is 0 Å². The molecule has 2 aromatic carbocycles. The van der Waals surface area contributed by atoms with Gasteiger partial charge in [-0.3, -0.25) is 24.1 Å². The first-order valence-electron chi connectivity index (χ1n) is 8.77. The fraction of sp³-hybridized carbons (Fsp3) is 0.200. The van der Waals surface area contributed by atoms with Crippen molar-refractivity contribution in [1.82, 2.24) is 10.2 Å². The van der Waals surface area contributed by atoms with Crippen LogP contribution in [0.25, 0.3) is 0 Å². The molecule has 0 bridgehead atoms. The second-order valence-electron chi connectivity index (χ2n) is 6.46. The molecule has 7 nitrogen and oxygen atoms in total. The van der Waals surface area contributed by atoms with Gasteiger partial charge >= 0.3 is 0 Å². The average molecular weight is 401 g/mol. The molecule has 150 valence electrons. The van der Waals surface area contributed by atoms with Crippen molar-refractivity contribution in [3.8, 4) is 0 Å². The molecule has 2 N–H and O–H groups in total. The summed E-state index contributed by atoms with van der Waals surface area (Å²) in [5.41, 5.74) is 0.607. The van der Waals surface area contributed by atoms with Gasteiger partial charge in [0.1, 0.15) is 11.6 Å². The molecular weight excluding hydrogens is 384 g/mol. The van der Waals surface area contributed by atoms with E-state index in [4.69, 9.17) is 0 Å². The molecule has 9 heteroatoms. The number of imide groups is 1. The predicted octanol–water partition coefficient (Wildman–Crippen LogP) is 2.34. The van der Waals surface area contributed by atoms with E-state index in [1.165, 1.54) is 25.2 Å². The Kier molecular flexibility index (Phi) is 5.67. The molecule has 1 aliphatic heterocycles. The number of amides is 4. The standard InChI is InChI=1S/C20H17F2N3O4/c1-25-19(28)13-7-5-12(10-15(13)20(25)29)24-17(26)3-2-8-23-18(27)14-6-4-11(21)9-16(14)22/h4-7,9-10H,2-3,8H2,1H3,(H,23,27)(H,24,26). The maximum absolute atomic E-state index is 13.5. The second-order valence-corrected chi connectivity index (χ2v) is 6.46. The zero-order valence-corrected chi connectivity index (χ0v) is 15.4. The zero-order chi connectivity index (χ0) is 21.1. The number of rotatable bonds is 6. The van der Waals surface area contributed by atoms with Crippen LogP contribution in [0.5, 0.6) is 0 Å². The summed E-state index contributed by atoms with van der Waals surface area (Å²) in [6.45, 7) is 0.116. The van der Waals surface area contributed by atoms with Crippen molar-refractivity contribution in [2.75, 3.05) is 18.9 Å². The number of hydrogen-bond acceptors (Lipinski definition) is 4. The van der Waals surface area contributed by atoms with Crippen LogP contribution < -0.4 is 10.6 Å². The van der Waals surface area contributed by atoms with E-state index in [-0.39, 0.29) is 42.0 Å². The number of anilines is 1. The predicted molar refractivity (Wildman–Crippen MR) is 99.4 cm³/mol. The summed E-state index contributed by atoms with van der Waals surface area (Å²) in [6.07, 6.45) is 0.349. The smallest absolute Gasteiger partial charge is 0.261 e. The summed E-state index contributed by atoms with van der Waals surface area (Å²) >= 11 is 0. The van der Waals surface area contributed by atoms with E-state index >= 15 is 0 Å². The van der Waals surface area contributed by atoms with Gasteiger partial charge in [-0.05, 0) is 36.8 Å². The minimum atomic E-state index is -0.962. The number of hydrogen-bond donors (Lipinski definition) is 2. The Bertz CT molecular complexity index is 1020. The van der Waals surface area contributed by atoms with Crippen LogP contribution >= 0.6 is 0 Å². The van der Waals surface area contributed by atoms with Crippen molar-refractivity contribution in [2.24, 2.45) is 0 Å². The van der Waals surface area contributed by atoms with Crippen LogP contribution in [0.15, 0.2) is 36.4 Å². The van der Waals surface area contributed by atoms with E-state index in [0.717, 1.165) is 17.0 Å². The van der Waals surface area contributed by atoms with E-state index in [1.807, 2.05) is 0 Å². The van der Waals surface area contributed by atoms with Crippen LogP contribution in [-0.2, 0) is 4.79 Å². The minimum Gasteiger partial charge on any atom is -0.352 e. The third kappa shape index (κ3) is 4.29. The molecule has 1 aliphatic rings. The number of nitrogens with zero attached hydrogens (tertiary/aromatic N) is 1. The van der Waals surface area contributed by atoms with Crippen molar-refractivity contribution in [3.05, 3.63) is 64.7 Å². The number of benzene rings is 2. The van der Waals surface area contributed by atoms with Gasteiger partial charge < -0.3 is 10.6 Å². The lowest BCUT2D eigenvalue weighted by Crippen LogP contribution is -2.26. The molecule has 0 saturated heterocycles. The van der Waals surface area contributed by atoms with Crippen LogP contribution in [0.4, 0.5) is 14.5 Å². The minimum absolute atomic E-state index is 0.0655. The Morgan fingerprint density at radius 2 is 1.72 bits per heavy atom. The quantitative estimate of drug-likeness (QED) is 0.574.